The Hall–Kier alpha value is -1.31. The fourth-order valence-electron chi connectivity index (χ4n) is 3.91. The van der Waals surface area contributed by atoms with Crippen LogP contribution in [0.2, 0.25) is 0 Å². The van der Waals surface area contributed by atoms with Crippen LogP contribution in [0, 0.1) is 0 Å². The van der Waals surface area contributed by atoms with Crippen molar-refractivity contribution in [1.82, 2.24) is 5.06 Å². The number of nitrogens with zero attached hydrogens (tertiary/aromatic N) is 2. The summed E-state index contributed by atoms with van der Waals surface area (Å²) in [6.07, 6.45) is 3.70. The topological polar surface area (TPSA) is 69.3 Å². The van der Waals surface area contributed by atoms with E-state index in [2.05, 4.69) is 15.9 Å². The summed E-state index contributed by atoms with van der Waals surface area (Å²) in [5.41, 5.74) is 5.50. The summed E-state index contributed by atoms with van der Waals surface area (Å²) in [6, 6.07) is 5.95. The number of hydroxylamine groups is 2. The maximum Gasteiger partial charge on any atom is 0.257 e. The van der Waals surface area contributed by atoms with Gasteiger partial charge >= 0.3 is 0 Å². The Morgan fingerprint density at radius 3 is 2.74 bits per heavy atom. The third kappa shape index (κ3) is 2.03. The first kappa shape index (κ1) is 15.2. The van der Waals surface area contributed by atoms with E-state index in [1.165, 1.54) is 5.06 Å². The van der Waals surface area contributed by atoms with E-state index >= 15 is 0 Å². The molecule has 23 heavy (non-hydrogen) atoms. The van der Waals surface area contributed by atoms with Crippen LogP contribution in [-0.4, -0.2) is 36.9 Å². The van der Waals surface area contributed by atoms with E-state index in [1.807, 2.05) is 18.2 Å². The number of methoxy groups -OCH3 is 1. The van der Waals surface area contributed by atoms with Gasteiger partial charge in [-0.1, -0.05) is 15.9 Å². The molecule has 124 valence electrons. The third-order valence-electron chi connectivity index (χ3n) is 5.17. The summed E-state index contributed by atoms with van der Waals surface area (Å²) in [6.45, 7) is 0. The van der Waals surface area contributed by atoms with Gasteiger partial charge in [0.15, 0.2) is 5.60 Å². The molecule has 1 atom stereocenters. The number of benzene rings is 1. The van der Waals surface area contributed by atoms with Gasteiger partial charge in [0, 0.05) is 18.6 Å². The average molecular weight is 382 g/mol. The molecule has 0 amide bonds. The molecule has 1 unspecified atom stereocenters. The van der Waals surface area contributed by atoms with Crippen LogP contribution in [0.4, 0.5) is 0 Å². The Kier molecular flexibility index (Phi) is 3.37. The molecule has 1 aromatic rings. The quantitative estimate of drug-likeness (QED) is 0.809. The molecule has 0 bridgehead atoms. The van der Waals surface area contributed by atoms with Gasteiger partial charge in [-0.15, -0.1) is 0 Å². The van der Waals surface area contributed by atoms with Crippen molar-refractivity contribution in [3.05, 3.63) is 28.2 Å². The molecule has 7 heteroatoms. The largest absolute Gasteiger partial charge is 0.481 e. The molecule has 2 aliphatic heterocycles. The Bertz CT molecular complexity index is 673. The van der Waals surface area contributed by atoms with Crippen molar-refractivity contribution in [1.29, 1.82) is 0 Å². The lowest BCUT2D eigenvalue weighted by Gasteiger charge is -2.43. The summed E-state index contributed by atoms with van der Waals surface area (Å²) >= 11 is 3.53. The highest BCUT2D eigenvalue weighted by molar-refractivity contribution is 9.10. The summed E-state index contributed by atoms with van der Waals surface area (Å²) in [5.74, 6) is 1.19. The molecule has 1 aliphatic carbocycles. The minimum atomic E-state index is -0.913. The molecular weight excluding hydrogens is 362 g/mol. The summed E-state index contributed by atoms with van der Waals surface area (Å²) in [4.78, 5) is 10.9. The van der Waals surface area contributed by atoms with Crippen molar-refractivity contribution >= 4 is 21.9 Å². The van der Waals surface area contributed by atoms with Crippen LogP contribution in [-0.2, 0) is 15.3 Å². The van der Waals surface area contributed by atoms with Crippen LogP contribution in [0.3, 0.4) is 0 Å². The number of fused-ring (bicyclic) bond motifs is 3. The van der Waals surface area contributed by atoms with Gasteiger partial charge in [-0.25, -0.2) is 14.9 Å². The fraction of sp³-hybridized carbons (Fsp3) is 0.562. The van der Waals surface area contributed by atoms with E-state index in [0.29, 0.717) is 5.96 Å². The van der Waals surface area contributed by atoms with Gasteiger partial charge < -0.3 is 15.2 Å². The van der Waals surface area contributed by atoms with Crippen molar-refractivity contribution in [2.24, 2.45) is 10.7 Å². The van der Waals surface area contributed by atoms with Gasteiger partial charge in [0.1, 0.15) is 5.75 Å². The molecule has 4 rings (SSSR count). The molecule has 2 N–H and O–H groups in total. The molecule has 1 saturated carbocycles. The number of aliphatic imine (C=N–C) groups is 1. The number of rotatable bonds is 1. The van der Waals surface area contributed by atoms with E-state index in [4.69, 9.17) is 25.0 Å². The first-order valence-electron chi connectivity index (χ1n) is 7.80. The Balaban J connectivity index is 1.82. The minimum absolute atomic E-state index is 0.261. The van der Waals surface area contributed by atoms with Crippen LogP contribution in [0.5, 0.6) is 5.75 Å². The van der Waals surface area contributed by atoms with Crippen LogP contribution >= 0.6 is 15.9 Å². The molecule has 3 aliphatic rings. The number of nitrogens with two attached hydrogens (primary N) is 1. The molecule has 0 radical (unpaired) electrons. The van der Waals surface area contributed by atoms with Crippen molar-refractivity contribution in [2.75, 3.05) is 14.2 Å². The number of halogens is 1. The number of guanidine groups is 1. The number of hydrogen-bond acceptors (Lipinski definition) is 6. The van der Waals surface area contributed by atoms with Crippen LogP contribution in [0.15, 0.2) is 27.7 Å². The van der Waals surface area contributed by atoms with Gasteiger partial charge in [-0.3, -0.25) is 0 Å². The Morgan fingerprint density at radius 1 is 1.39 bits per heavy atom. The molecule has 2 heterocycles. The molecule has 2 spiro atoms. The molecule has 0 saturated heterocycles. The summed E-state index contributed by atoms with van der Waals surface area (Å²) < 4.78 is 12.9. The zero-order chi connectivity index (χ0) is 16.2. The molecule has 6 nitrogen and oxygen atoms in total. The lowest BCUT2D eigenvalue weighted by molar-refractivity contribution is -0.242. The highest BCUT2D eigenvalue weighted by atomic mass is 79.9. The van der Waals surface area contributed by atoms with Crippen molar-refractivity contribution in [3.8, 4) is 5.75 Å². The van der Waals surface area contributed by atoms with Crippen LogP contribution in [0.25, 0.3) is 0 Å². The van der Waals surface area contributed by atoms with Crippen LogP contribution < -0.4 is 10.5 Å². The van der Waals surface area contributed by atoms with Crippen molar-refractivity contribution < 1.29 is 14.3 Å². The Morgan fingerprint density at radius 2 is 2.13 bits per heavy atom. The van der Waals surface area contributed by atoms with Crippen molar-refractivity contribution in [2.45, 2.75) is 43.1 Å². The van der Waals surface area contributed by atoms with E-state index in [9.17, 15) is 0 Å². The van der Waals surface area contributed by atoms with E-state index < -0.39 is 11.3 Å². The lowest BCUT2D eigenvalue weighted by Crippen LogP contribution is -2.54. The first-order chi connectivity index (χ1) is 11.0. The molecular formula is C16H20BrN3O3. The highest BCUT2D eigenvalue weighted by Gasteiger charge is 2.66. The minimum Gasteiger partial charge on any atom is -0.481 e. The summed E-state index contributed by atoms with van der Waals surface area (Å²) in [5, 5.41) is 1.53. The second-order valence-corrected chi connectivity index (χ2v) is 7.29. The molecule has 1 fully saturated rings. The maximum absolute atomic E-state index is 6.43. The SMILES string of the molecule is COC1CCC2(CC1)Oc1ccc(Br)cc1C21N=C(N)N(C)O1. The molecule has 0 aromatic heterocycles. The van der Waals surface area contributed by atoms with E-state index in [1.54, 1.807) is 14.2 Å². The maximum atomic E-state index is 6.43. The zero-order valence-corrected chi connectivity index (χ0v) is 14.8. The fourth-order valence-corrected chi connectivity index (χ4v) is 4.27. The Labute approximate surface area is 143 Å². The predicted octanol–water partition coefficient (Wildman–Crippen LogP) is 2.51. The third-order valence-corrected chi connectivity index (χ3v) is 5.66. The van der Waals surface area contributed by atoms with Crippen LogP contribution in [0.1, 0.15) is 31.2 Å². The standard InChI is InChI=1S/C16H20BrN3O3/c1-20-14(18)19-16(23-20)12-9-10(17)3-4-13(12)22-15(16)7-5-11(21-2)6-8-15/h3-4,9,11H,5-8H2,1-2H3,(H2,18,19). The smallest absolute Gasteiger partial charge is 0.257 e. The van der Waals surface area contributed by atoms with E-state index in [0.717, 1.165) is 41.5 Å². The predicted molar refractivity (Wildman–Crippen MR) is 88.9 cm³/mol. The van der Waals surface area contributed by atoms with E-state index in [-0.39, 0.29) is 6.10 Å². The second-order valence-electron chi connectivity index (χ2n) is 6.37. The summed E-state index contributed by atoms with van der Waals surface area (Å²) in [7, 11) is 3.54. The number of ether oxygens (including phenoxy) is 2. The zero-order valence-electron chi connectivity index (χ0n) is 13.2. The normalized spacial score (nSPS) is 35.5. The highest BCUT2D eigenvalue weighted by Crippen LogP contribution is 2.58. The van der Waals surface area contributed by atoms with Gasteiger partial charge in [-0.2, -0.15) is 0 Å². The number of hydrogen-bond donors (Lipinski definition) is 1. The molecule has 1 aromatic carbocycles. The monoisotopic (exact) mass is 381 g/mol. The van der Waals surface area contributed by atoms with Gasteiger partial charge in [0.25, 0.3) is 5.72 Å². The van der Waals surface area contributed by atoms with Gasteiger partial charge in [-0.05, 0) is 43.9 Å². The average Bonchev–Trinajstić information content (AvgIpc) is 2.97. The van der Waals surface area contributed by atoms with Gasteiger partial charge in [0.2, 0.25) is 5.96 Å². The second kappa shape index (κ2) is 5.09. The van der Waals surface area contributed by atoms with Crippen molar-refractivity contribution in [3.63, 3.8) is 0 Å². The van der Waals surface area contributed by atoms with Gasteiger partial charge in [0.05, 0.1) is 11.7 Å². The lowest BCUT2D eigenvalue weighted by atomic mass is 9.75. The first-order valence-corrected chi connectivity index (χ1v) is 8.59.